The SMILES string of the molecule is CN=C(NCc1cccc(NC(C)=O)c1)NC1CCN(C(C)C)CC1.I. The van der Waals surface area contributed by atoms with Crippen molar-refractivity contribution in [1.29, 1.82) is 0 Å². The van der Waals surface area contributed by atoms with E-state index in [-0.39, 0.29) is 29.9 Å². The van der Waals surface area contributed by atoms with E-state index in [0.717, 1.165) is 43.1 Å². The summed E-state index contributed by atoms with van der Waals surface area (Å²) >= 11 is 0. The van der Waals surface area contributed by atoms with Crippen LogP contribution in [0, 0.1) is 0 Å². The molecule has 1 aliphatic heterocycles. The summed E-state index contributed by atoms with van der Waals surface area (Å²) < 4.78 is 0. The van der Waals surface area contributed by atoms with Crippen LogP contribution >= 0.6 is 24.0 Å². The number of piperidine rings is 1. The van der Waals surface area contributed by atoms with Gasteiger partial charge in [0.15, 0.2) is 5.96 Å². The van der Waals surface area contributed by atoms with Gasteiger partial charge >= 0.3 is 0 Å². The van der Waals surface area contributed by atoms with Crippen molar-refractivity contribution in [3.05, 3.63) is 29.8 Å². The summed E-state index contributed by atoms with van der Waals surface area (Å²) in [5, 5.41) is 9.69. The molecule has 26 heavy (non-hydrogen) atoms. The van der Waals surface area contributed by atoms with E-state index < -0.39 is 0 Å². The molecule has 1 aromatic rings. The zero-order chi connectivity index (χ0) is 18.2. The fourth-order valence-electron chi connectivity index (χ4n) is 3.10. The van der Waals surface area contributed by atoms with Crippen LogP contribution in [0.2, 0.25) is 0 Å². The Kier molecular flexibility index (Phi) is 9.93. The molecule has 0 unspecified atom stereocenters. The van der Waals surface area contributed by atoms with Gasteiger partial charge in [-0.15, -0.1) is 24.0 Å². The summed E-state index contributed by atoms with van der Waals surface area (Å²) in [6.07, 6.45) is 2.27. The van der Waals surface area contributed by atoms with E-state index in [1.54, 1.807) is 7.05 Å². The third kappa shape index (κ3) is 7.49. The van der Waals surface area contributed by atoms with E-state index in [2.05, 4.69) is 39.7 Å². The number of aliphatic imine (C=N–C) groups is 1. The van der Waals surface area contributed by atoms with Crippen molar-refractivity contribution in [2.45, 2.75) is 52.2 Å². The third-order valence-corrected chi connectivity index (χ3v) is 4.53. The van der Waals surface area contributed by atoms with Gasteiger partial charge in [-0.2, -0.15) is 0 Å². The zero-order valence-corrected chi connectivity index (χ0v) is 18.5. The Morgan fingerprint density at radius 2 is 2.00 bits per heavy atom. The van der Waals surface area contributed by atoms with Crippen molar-refractivity contribution in [2.75, 3.05) is 25.5 Å². The highest BCUT2D eigenvalue weighted by atomic mass is 127. The molecule has 0 radical (unpaired) electrons. The van der Waals surface area contributed by atoms with Gasteiger partial charge in [0.25, 0.3) is 0 Å². The molecule has 1 saturated heterocycles. The number of hydrogen-bond donors (Lipinski definition) is 3. The maximum atomic E-state index is 11.2. The highest BCUT2D eigenvalue weighted by Gasteiger charge is 2.21. The van der Waals surface area contributed by atoms with E-state index in [9.17, 15) is 4.79 Å². The number of anilines is 1. The molecule has 146 valence electrons. The number of hydrogen-bond acceptors (Lipinski definition) is 3. The molecule has 6 nitrogen and oxygen atoms in total. The van der Waals surface area contributed by atoms with Crippen LogP contribution in [0.4, 0.5) is 5.69 Å². The first-order valence-corrected chi connectivity index (χ1v) is 9.05. The van der Waals surface area contributed by atoms with Crippen molar-refractivity contribution >= 4 is 41.5 Å². The second-order valence-corrected chi connectivity index (χ2v) is 6.86. The lowest BCUT2D eigenvalue weighted by molar-refractivity contribution is -0.114. The number of likely N-dealkylation sites (tertiary alicyclic amines) is 1. The Morgan fingerprint density at radius 1 is 1.31 bits per heavy atom. The van der Waals surface area contributed by atoms with Gasteiger partial charge < -0.3 is 20.9 Å². The highest BCUT2D eigenvalue weighted by Crippen LogP contribution is 2.13. The third-order valence-electron chi connectivity index (χ3n) is 4.53. The van der Waals surface area contributed by atoms with Crippen molar-refractivity contribution in [2.24, 2.45) is 4.99 Å². The molecule has 3 N–H and O–H groups in total. The molecule has 1 fully saturated rings. The van der Waals surface area contributed by atoms with Gasteiger partial charge in [-0.05, 0) is 44.4 Å². The number of guanidine groups is 1. The molecule has 7 heteroatoms. The average Bonchev–Trinajstić information content (AvgIpc) is 2.58. The summed E-state index contributed by atoms with van der Waals surface area (Å²) in [4.78, 5) is 18.0. The average molecular weight is 473 g/mol. The summed E-state index contributed by atoms with van der Waals surface area (Å²) in [7, 11) is 1.80. The number of carbonyl (C=O) groups excluding carboxylic acids is 1. The smallest absolute Gasteiger partial charge is 0.221 e. The Labute approximate surface area is 174 Å². The molecule has 1 aliphatic rings. The largest absolute Gasteiger partial charge is 0.354 e. The number of halogens is 1. The van der Waals surface area contributed by atoms with Crippen molar-refractivity contribution in [3.63, 3.8) is 0 Å². The standard InChI is InChI=1S/C19H31N5O.HI/c1-14(2)24-10-8-17(9-11-24)23-19(20-4)21-13-16-6-5-7-18(12-16)22-15(3)25;/h5-7,12,14,17H,8-11,13H2,1-4H3,(H,22,25)(H2,20,21,23);1H. The van der Waals surface area contributed by atoms with Gasteiger partial charge in [0.05, 0.1) is 0 Å². The molecular weight excluding hydrogens is 441 g/mol. The fraction of sp³-hybridized carbons (Fsp3) is 0.579. The van der Waals surface area contributed by atoms with Crippen LogP contribution in [0.15, 0.2) is 29.3 Å². The molecule has 1 heterocycles. The van der Waals surface area contributed by atoms with E-state index in [0.29, 0.717) is 18.6 Å². The van der Waals surface area contributed by atoms with Gasteiger partial charge in [-0.3, -0.25) is 9.79 Å². The molecule has 2 rings (SSSR count). The van der Waals surface area contributed by atoms with Crippen LogP contribution in [0.3, 0.4) is 0 Å². The molecule has 0 aliphatic carbocycles. The Bertz CT molecular complexity index is 597. The van der Waals surface area contributed by atoms with Crippen LogP contribution in [0.1, 0.15) is 39.2 Å². The Hall–Kier alpha value is -1.35. The van der Waals surface area contributed by atoms with Crippen molar-refractivity contribution in [3.8, 4) is 0 Å². The molecule has 0 aromatic heterocycles. The van der Waals surface area contributed by atoms with Gasteiger partial charge in [0.1, 0.15) is 0 Å². The predicted octanol–water partition coefficient (Wildman–Crippen LogP) is 2.80. The first kappa shape index (κ1) is 22.7. The number of rotatable bonds is 5. The second kappa shape index (κ2) is 11.4. The topological polar surface area (TPSA) is 68.8 Å². The minimum Gasteiger partial charge on any atom is -0.354 e. The molecule has 0 bridgehead atoms. The minimum atomic E-state index is -0.0599. The fourth-order valence-corrected chi connectivity index (χ4v) is 3.10. The summed E-state index contributed by atoms with van der Waals surface area (Å²) in [6.45, 7) is 8.95. The lowest BCUT2D eigenvalue weighted by Crippen LogP contribution is -2.49. The van der Waals surface area contributed by atoms with Crippen LogP contribution in [0.25, 0.3) is 0 Å². The van der Waals surface area contributed by atoms with E-state index in [1.807, 2.05) is 24.3 Å². The Morgan fingerprint density at radius 3 is 2.58 bits per heavy atom. The van der Waals surface area contributed by atoms with Crippen LogP contribution < -0.4 is 16.0 Å². The first-order valence-electron chi connectivity index (χ1n) is 9.05. The maximum Gasteiger partial charge on any atom is 0.221 e. The van der Waals surface area contributed by atoms with Crippen molar-refractivity contribution < 1.29 is 4.79 Å². The Balaban J connectivity index is 0.00000338. The monoisotopic (exact) mass is 473 g/mol. The number of nitrogens with zero attached hydrogens (tertiary/aromatic N) is 2. The van der Waals surface area contributed by atoms with E-state index in [1.165, 1.54) is 6.92 Å². The number of carbonyl (C=O) groups is 1. The second-order valence-electron chi connectivity index (χ2n) is 6.86. The van der Waals surface area contributed by atoms with Gasteiger partial charge in [-0.1, -0.05) is 12.1 Å². The molecular formula is C19H32IN5O. The van der Waals surface area contributed by atoms with Gasteiger partial charge in [-0.25, -0.2) is 0 Å². The number of nitrogens with one attached hydrogen (secondary N) is 3. The number of benzene rings is 1. The van der Waals surface area contributed by atoms with Crippen LogP contribution in [-0.2, 0) is 11.3 Å². The lowest BCUT2D eigenvalue weighted by atomic mass is 10.0. The molecule has 0 spiro atoms. The van der Waals surface area contributed by atoms with Gasteiger partial charge in [0, 0.05) is 51.4 Å². The summed E-state index contributed by atoms with van der Waals surface area (Å²) in [6, 6.07) is 8.93. The van der Waals surface area contributed by atoms with Crippen molar-refractivity contribution in [1.82, 2.24) is 15.5 Å². The predicted molar refractivity (Wildman–Crippen MR) is 119 cm³/mol. The zero-order valence-electron chi connectivity index (χ0n) is 16.2. The maximum absolute atomic E-state index is 11.2. The lowest BCUT2D eigenvalue weighted by Gasteiger charge is -2.35. The van der Waals surface area contributed by atoms with Crippen LogP contribution in [-0.4, -0.2) is 49.0 Å². The summed E-state index contributed by atoms with van der Waals surface area (Å²) in [5.41, 5.74) is 1.92. The van der Waals surface area contributed by atoms with Crippen LogP contribution in [0.5, 0.6) is 0 Å². The quantitative estimate of drug-likeness (QED) is 0.350. The van der Waals surface area contributed by atoms with E-state index >= 15 is 0 Å². The highest BCUT2D eigenvalue weighted by molar-refractivity contribution is 14.0. The van der Waals surface area contributed by atoms with Gasteiger partial charge in [0.2, 0.25) is 5.91 Å². The molecule has 0 atom stereocenters. The molecule has 1 aromatic carbocycles. The summed E-state index contributed by atoms with van der Waals surface area (Å²) in [5.74, 6) is 0.767. The number of amides is 1. The normalized spacial score (nSPS) is 16.1. The minimum absolute atomic E-state index is 0. The molecule has 0 saturated carbocycles. The van der Waals surface area contributed by atoms with E-state index in [4.69, 9.17) is 0 Å². The molecule has 1 amide bonds. The first-order chi connectivity index (χ1) is 12.0.